The number of aryl methyl sites for hydroxylation is 1. The Hall–Kier alpha value is -3.00. The smallest absolute Gasteiger partial charge is 0.232 e. The minimum atomic E-state index is 0.191. The maximum atomic E-state index is 5.85. The van der Waals surface area contributed by atoms with Gasteiger partial charge >= 0.3 is 0 Å². The van der Waals surface area contributed by atoms with E-state index in [1.54, 1.807) is 18.9 Å². The number of nitrogen functional groups attached to an aromatic ring is 1. The van der Waals surface area contributed by atoms with Crippen molar-refractivity contribution in [3.8, 4) is 11.5 Å². The van der Waals surface area contributed by atoms with E-state index in [0.29, 0.717) is 29.9 Å². The molecule has 0 fully saturated rings. The summed E-state index contributed by atoms with van der Waals surface area (Å²) in [4.78, 5) is 12.8. The first-order chi connectivity index (χ1) is 14.1. The van der Waals surface area contributed by atoms with Crippen LogP contribution in [0.5, 0.6) is 11.5 Å². The molecular weight excluding hydrogens is 386 g/mol. The summed E-state index contributed by atoms with van der Waals surface area (Å²) in [5.74, 6) is 4.43. The Labute approximate surface area is 175 Å². The van der Waals surface area contributed by atoms with Crippen molar-refractivity contribution < 1.29 is 9.47 Å². The highest BCUT2D eigenvalue weighted by molar-refractivity contribution is 7.98. The quantitative estimate of drug-likeness (QED) is 0.479. The van der Waals surface area contributed by atoms with Crippen molar-refractivity contribution in [1.29, 1.82) is 0 Å². The minimum Gasteiger partial charge on any atom is -0.495 e. The monoisotopic (exact) mass is 411 g/mol. The first kappa shape index (κ1) is 20.7. The third-order valence-electron chi connectivity index (χ3n) is 3.97. The minimum absolute atomic E-state index is 0.191. The molecule has 29 heavy (non-hydrogen) atoms. The highest BCUT2D eigenvalue weighted by atomic mass is 32.2. The van der Waals surface area contributed by atoms with Crippen LogP contribution in [0.1, 0.15) is 17.8 Å². The second-order valence-electron chi connectivity index (χ2n) is 6.33. The molecule has 7 nitrogen and oxygen atoms in total. The number of para-hydroxylation sites is 2. The Morgan fingerprint density at radius 1 is 1.07 bits per heavy atom. The third kappa shape index (κ3) is 6.53. The van der Waals surface area contributed by atoms with Crippen LogP contribution in [0.4, 0.5) is 17.6 Å². The number of hydrogen-bond acceptors (Lipinski definition) is 8. The van der Waals surface area contributed by atoms with E-state index in [1.165, 1.54) is 5.56 Å². The van der Waals surface area contributed by atoms with Crippen LogP contribution in [0.3, 0.4) is 0 Å². The molecule has 152 valence electrons. The summed E-state index contributed by atoms with van der Waals surface area (Å²) in [5.41, 5.74) is 7.82. The summed E-state index contributed by atoms with van der Waals surface area (Å²) in [6.45, 7) is 2.73. The van der Waals surface area contributed by atoms with Crippen molar-refractivity contribution in [2.45, 2.75) is 19.1 Å². The van der Waals surface area contributed by atoms with Gasteiger partial charge in [-0.1, -0.05) is 24.3 Å². The maximum absolute atomic E-state index is 5.85. The van der Waals surface area contributed by atoms with Crippen molar-refractivity contribution in [3.63, 3.8) is 0 Å². The van der Waals surface area contributed by atoms with Gasteiger partial charge in [-0.25, -0.2) is 0 Å². The Morgan fingerprint density at radius 2 is 1.93 bits per heavy atom. The first-order valence-electron chi connectivity index (χ1n) is 9.32. The maximum Gasteiger partial charge on any atom is 0.232 e. The first-order valence-corrected chi connectivity index (χ1v) is 10.5. The molecular formula is C21H25N5O2S. The summed E-state index contributed by atoms with van der Waals surface area (Å²) < 4.78 is 11.1. The number of nitrogens with two attached hydrogens (primary N) is 1. The molecule has 1 heterocycles. The van der Waals surface area contributed by atoms with Gasteiger partial charge in [0.1, 0.15) is 17.3 Å². The lowest BCUT2D eigenvalue weighted by Gasteiger charge is -2.10. The molecule has 3 aromatic rings. The van der Waals surface area contributed by atoms with Gasteiger partial charge in [0.05, 0.1) is 25.2 Å². The fourth-order valence-electron chi connectivity index (χ4n) is 2.65. The molecule has 0 spiro atoms. The van der Waals surface area contributed by atoms with Gasteiger partial charge in [-0.2, -0.15) is 26.7 Å². The Balaban J connectivity index is 1.47. The van der Waals surface area contributed by atoms with E-state index in [2.05, 4.69) is 33.3 Å². The number of anilines is 3. The number of thioether (sulfide) groups is 1. The number of ether oxygens (including phenoxy) is 2. The van der Waals surface area contributed by atoms with Crippen molar-refractivity contribution in [3.05, 3.63) is 59.9 Å². The molecule has 1 aromatic heterocycles. The zero-order valence-electron chi connectivity index (χ0n) is 16.6. The van der Waals surface area contributed by atoms with Crippen LogP contribution < -0.4 is 20.5 Å². The van der Waals surface area contributed by atoms with E-state index in [9.17, 15) is 0 Å². The van der Waals surface area contributed by atoms with Crippen LogP contribution in [0.25, 0.3) is 0 Å². The summed E-state index contributed by atoms with van der Waals surface area (Å²) in [5, 5.41) is 3.14. The Morgan fingerprint density at radius 3 is 2.76 bits per heavy atom. The normalized spacial score (nSPS) is 10.6. The lowest BCUT2D eigenvalue weighted by molar-refractivity contribution is 0.318. The average molecular weight is 412 g/mol. The molecule has 0 aliphatic carbocycles. The SMILES string of the molecule is COc1ccccc1Nc1nc(N)nc(CSCCCOc2cccc(C)c2)n1. The molecule has 0 amide bonds. The molecule has 0 aliphatic rings. The Kier molecular flexibility index (Phi) is 7.52. The molecule has 0 bridgehead atoms. The second-order valence-corrected chi connectivity index (χ2v) is 7.44. The van der Waals surface area contributed by atoms with E-state index in [1.807, 2.05) is 42.5 Å². The molecule has 8 heteroatoms. The number of benzene rings is 2. The van der Waals surface area contributed by atoms with E-state index >= 15 is 0 Å². The zero-order chi connectivity index (χ0) is 20.5. The lowest BCUT2D eigenvalue weighted by atomic mass is 10.2. The summed E-state index contributed by atoms with van der Waals surface area (Å²) in [7, 11) is 1.62. The predicted molar refractivity (Wildman–Crippen MR) is 118 cm³/mol. The number of rotatable bonds is 10. The fourth-order valence-corrected chi connectivity index (χ4v) is 3.42. The number of hydrogen-bond donors (Lipinski definition) is 2. The second kappa shape index (κ2) is 10.5. The standard InChI is InChI=1S/C21H25N5O2S/c1-15-7-5-8-16(13-15)28-11-6-12-29-14-19-24-20(22)26-21(25-19)23-17-9-3-4-10-18(17)27-2/h3-5,7-10,13H,6,11-12,14H2,1-2H3,(H3,22,23,24,25,26). The summed E-state index contributed by atoms with van der Waals surface area (Å²) in [6.07, 6.45) is 0.936. The van der Waals surface area contributed by atoms with Gasteiger partial charge < -0.3 is 20.5 Å². The molecule has 3 rings (SSSR count). The topological polar surface area (TPSA) is 95.2 Å². The van der Waals surface area contributed by atoms with Crippen molar-refractivity contribution in [2.24, 2.45) is 0 Å². The van der Waals surface area contributed by atoms with Crippen LogP contribution >= 0.6 is 11.8 Å². The number of aromatic nitrogens is 3. The molecule has 0 saturated carbocycles. The van der Waals surface area contributed by atoms with Gasteiger partial charge in [0, 0.05) is 0 Å². The van der Waals surface area contributed by atoms with E-state index in [4.69, 9.17) is 15.2 Å². The van der Waals surface area contributed by atoms with Gasteiger partial charge in [-0.05, 0) is 48.9 Å². The predicted octanol–water partition coefficient (Wildman–Crippen LogP) is 4.22. The Bertz CT molecular complexity index is 938. The van der Waals surface area contributed by atoms with E-state index in [0.717, 1.165) is 23.6 Å². The summed E-state index contributed by atoms with van der Waals surface area (Å²) >= 11 is 1.74. The van der Waals surface area contributed by atoms with Crippen molar-refractivity contribution in [2.75, 3.05) is 30.5 Å². The van der Waals surface area contributed by atoms with Gasteiger partial charge in [0.25, 0.3) is 0 Å². The molecule has 0 saturated heterocycles. The number of nitrogens with zero attached hydrogens (tertiary/aromatic N) is 3. The van der Waals surface area contributed by atoms with Gasteiger partial charge in [0.2, 0.25) is 11.9 Å². The van der Waals surface area contributed by atoms with Crippen LogP contribution in [0.2, 0.25) is 0 Å². The molecule has 0 radical (unpaired) electrons. The highest BCUT2D eigenvalue weighted by Crippen LogP contribution is 2.26. The average Bonchev–Trinajstić information content (AvgIpc) is 2.71. The van der Waals surface area contributed by atoms with Crippen molar-refractivity contribution >= 4 is 29.3 Å². The van der Waals surface area contributed by atoms with Crippen LogP contribution in [-0.4, -0.2) is 34.4 Å². The molecule has 0 atom stereocenters. The summed E-state index contributed by atoms with van der Waals surface area (Å²) in [6, 6.07) is 15.6. The third-order valence-corrected chi connectivity index (χ3v) is 5.01. The van der Waals surface area contributed by atoms with Crippen LogP contribution in [0, 0.1) is 6.92 Å². The van der Waals surface area contributed by atoms with Crippen LogP contribution in [-0.2, 0) is 5.75 Å². The number of methoxy groups -OCH3 is 1. The number of nitrogens with one attached hydrogen (secondary N) is 1. The fraction of sp³-hybridized carbons (Fsp3) is 0.286. The highest BCUT2D eigenvalue weighted by Gasteiger charge is 2.08. The molecule has 3 N–H and O–H groups in total. The largest absolute Gasteiger partial charge is 0.495 e. The van der Waals surface area contributed by atoms with E-state index in [-0.39, 0.29) is 5.95 Å². The van der Waals surface area contributed by atoms with Crippen LogP contribution in [0.15, 0.2) is 48.5 Å². The van der Waals surface area contributed by atoms with Crippen molar-refractivity contribution in [1.82, 2.24) is 15.0 Å². The molecule has 0 aliphatic heterocycles. The lowest BCUT2D eigenvalue weighted by Crippen LogP contribution is -2.07. The zero-order valence-corrected chi connectivity index (χ0v) is 17.4. The van der Waals surface area contributed by atoms with Gasteiger partial charge in [-0.15, -0.1) is 0 Å². The molecule has 2 aromatic carbocycles. The van der Waals surface area contributed by atoms with Gasteiger partial charge in [-0.3, -0.25) is 0 Å². The van der Waals surface area contributed by atoms with E-state index < -0.39 is 0 Å². The van der Waals surface area contributed by atoms with Gasteiger partial charge in [0.15, 0.2) is 0 Å². The molecule has 0 unspecified atom stereocenters.